The van der Waals surface area contributed by atoms with Crippen molar-refractivity contribution in [2.45, 2.75) is 136 Å². The summed E-state index contributed by atoms with van der Waals surface area (Å²) in [4.78, 5) is 37.7. The minimum Gasteiger partial charge on any atom is -0.481 e. The molecule has 5 fully saturated rings. The Kier molecular flexibility index (Phi) is 8.22. The lowest BCUT2D eigenvalue weighted by Gasteiger charge is -2.71. The first-order valence-corrected chi connectivity index (χ1v) is 17.4. The van der Waals surface area contributed by atoms with Crippen molar-refractivity contribution in [1.29, 1.82) is 0 Å². The summed E-state index contributed by atoms with van der Waals surface area (Å²) in [6.07, 6.45) is -0.933. The van der Waals surface area contributed by atoms with Gasteiger partial charge in [0.25, 0.3) is 0 Å². The Morgan fingerprint density at radius 3 is 2.21 bits per heavy atom. The second kappa shape index (κ2) is 11.1. The molecule has 0 aromatic carbocycles. The second-order valence-corrected chi connectivity index (χ2v) is 17.5. The predicted octanol–water partition coefficient (Wildman–Crippen LogP) is 3.30. The highest BCUT2D eigenvalue weighted by molar-refractivity contribution is 5.92. The number of carbonyl (C=O) groups excluding carboxylic acids is 1. The van der Waals surface area contributed by atoms with E-state index in [-0.39, 0.29) is 52.8 Å². The fraction of sp³-hybridized carbons (Fsp3) is 0.861. The van der Waals surface area contributed by atoms with Crippen molar-refractivity contribution < 1.29 is 54.5 Å². The SMILES string of the molecule is C[C@@]1(C(=O)O)CC(=O)[C@]2(C)CC[C@]3(C)C(=CC[C@@H]4[C@@]5(C)CC[C@H](O[C@@H]6O[C@H](C(=O)O)[C@@H](O)[C@H](O)[C@H]6O)[C@](C)(CO)[C@@H]5CC[C@]43C)[C@@H]2C1. The molecule has 1 saturated heterocycles. The van der Waals surface area contributed by atoms with Crippen LogP contribution in [-0.4, -0.2) is 91.8 Å². The van der Waals surface area contributed by atoms with E-state index in [1.165, 1.54) is 5.57 Å². The highest BCUT2D eigenvalue weighted by Crippen LogP contribution is 2.75. The Labute approximate surface area is 276 Å². The smallest absolute Gasteiger partial charge is 0.335 e. The number of carbonyl (C=O) groups is 3. The predicted molar refractivity (Wildman–Crippen MR) is 168 cm³/mol. The van der Waals surface area contributed by atoms with Crippen LogP contribution in [0.3, 0.4) is 0 Å². The largest absolute Gasteiger partial charge is 0.481 e. The third kappa shape index (κ3) is 4.62. The quantitative estimate of drug-likeness (QED) is 0.187. The van der Waals surface area contributed by atoms with Crippen LogP contribution in [0.4, 0.5) is 0 Å². The summed E-state index contributed by atoms with van der Waals surface area (Å²) in [7, 11) is 0. The molecule has 11 nitrogen and oxygen atoms in total. The van der Waals surface area contributed by atoms with Gasteiger partial charge in [-0.1, -0.05) is 46.3 Å². The summed E-state index contributed by atoms with van der Waals surface area (Å²) in [6, 6.07) is 0. The Balaban J connectivity index is 1.31. The summed E-state index contributed by atoms with van der Waals surface area (Å²) in [5.41, 5.74) is -1.73. The number of carboxylic acid groups (broad SMARTS) is 2. The van der Waals surface area contributed by atoms with E-state index in [1.807, 2.05) is 13.8 Å². The molecule has 0 aromatic heterocycles. The maximum absolute atomic E-state index is 13.6. The van der Waals surface area contributed by atoms with Gasteiger partial charge in [-0.25, -0.2) is 4.79 Å². The van der Waals surface area contributed by atoms with E-state index in [9.17, 15) is 45.0 Å². The van der Waals surface area contributed by atoms with Crippen molar-refractivity contribution in [2.24, 2.45) is 50.2 Å². The number of allylic oxidation sites excluding steroid dienone is 2. The van der Waals surface area contributed by atoms with Gasteiger partial charge < -0.3 is 40.1 Å². The van der Waals surface area contributed by atoms with Crippen LogP contribution < -0.4 is 0 Å². The van der Waals surface area contributed by atoms with Gasteiger partial charge in [0.05, 0.1) is 18.1 Å². The Morgan fingerprint density at radius 2 is 1.60 bits per heavy atom. The highest BCUT2D eigenvalue weighted by atomic mass is 16.7. The molecule has 6 N–H and O–H groups in total. The summed E-state index contributed by atoms with van der Waals surface area (Å²) in [6.45, 7) is 12.6. The summed E-state index contributed by atoms with van der Waals surface area (Å²) in [5, 5.41) is 61.9. The van der Waals surface area contributed by atoms with Crippen LogP contribution in [0, 0.1) is 50.2 Å². The second-order valence-electron chi connectivity index (χ2n) is 17.5. The number of ketones is 1. The molecule has 47 heavy (non-hydrogen) atoms. The fourth-order valence-corrected chi connectivity index (χ4v) is 12.0. The minimum atomic E-state index is -1.81. The lowest BCUT2D eigenvalue weighted by Crippen LogP contribution is -2.67. The average Bonchev–Trinajstić information content (AvgIpc) is 3.00. The molecule has 264 valence electrons. The van der Waals surface area contributed by atoms with Gasteiger partial charge >= 0.3 is 11.9 Å². The van der Waals surface area contributed by atoms with Gasteiger partial charge in [0.15, 0.2) is 12.4 Å². The maximum Gasteiger partial charge on any atom is 0.335 e. The number of carboxylic acids is 2. The zero-order valence-corrected chi connectivity index (χ0v) is 28.6. The molecule has 15 atom stereocenters. The first-order chi connectivity index (χ1) is 21.7. The van der Waals surface area contributed by atoms with E-state index in [4.69, 9.17) is 9.47 Å². The molecule has 0 spiro atoms. The van der Waals surface area contributed by atoms with Crippen LogP contribution in [0.25, 0.3) is 0 Å². The van der Waals surface area contributed by atoms with Gasteiger partial charge in [-0.15, -0.1) is 0 Å². The zero-order valence-electron chi connectivity index (χ0n) is 28.6. The first-order valence-electron chi connectivity index (χ1n) is 17.4. The van der Waals surface area contributed by atoms with Crippen LogP contribution in [0.1, 0.15) is 99.3 Å². The maximum atomic E-state index is 13.6. The van der Waals surface area contributed by atoms with Gasteiger partial charge in [0.2, 0.25) is 0 Å². The van der Waals surface area contributed by atoms with E-state index in [0.29, 0.717) is 12.8 Å². The number of hydrogen-bond donors (Lipinski definition) is 6. The molecule has 0 bridgehead atoms. The number of rotatable bonds is 5. The molecule has 5 aliphatic carbocycles. The Bertz CT molecular complexity index is 1360. The van der Waals surface area contributed by atoms with E-state index in [1.54, 1.807) is 6.92 Å². The normalized spacial score (nSPS) is 54.3. The molecule has 0 unspecified atom stereocenters. The molecule has 1 heterocycles. The molecular formula is C36H54O11. The summed E-state index contributed by atoms with van der Waals surface area (Å²) in [5.74, 6) is -2.19. The number of fused-ring (bicyclic) bond motifs is 7. The summed E-state index contributed by atoms with van der Waals surface area (Å²) < 4.78 is 11.7. The number of hydrogen-bond acceptors (Lipinski definition) is 9. The van der Waals surface area contributed by atoms with Crippen molar-refractivity contribution in [3.8, 4) is 0 Å². The first kappa shape index (κ1) is 35.0. The number of Topliss-reactive ketones (excluding diaryl/α,β-unsaturated/α-hetero) is 1. The molecule has 0 aromatic rings. The number of aliphatic hydroxyl groups excluding tert-OH is 4. The highest BCUT2D eigenvalue weighted by Gasteiger charge is 2.70. The van der Waals surface area contributed by atoms with Crippen molar-refractivity contribution in [1.82, 2.24) is 0 Å². The Hall–Kier alpha value is -1.89. The van der Waals surface area contributed by atoms with Gasteiger partial charge in [-0.2, -0.15) is 0 Å². The van der Waals surface area contributed by atoms with E-state index < -0.39 is 65.0 Å². The standard InChI is InChI=1S/C36H54O11/c1-31(30(44)45)15-19-18-7-8-21-33(3)11-10-23(46-29-26(41)24(39)25(40)27(47-29)28(42)43)34(4,17-37)20(33)9-12-36(21,6)35(18,5)14-13-32(19,2)22(38)16-31/h7,19-21,23-27,29,37,39-41H,8-17H2,1-6H3,(H,42,43)(H,44,45)/t19-,20+,21+,23-,24-,25-,26+,27-,29+,31-,32+,33-,34+,35+,36+/m0/s1. The van der Waals surface area contributed by atoms with Gasteiger partial charge in [0.1, 0.15) is 24.1 Å². The fourth-order valence-electron chi connectivity index (χ4n) is 12.0. The van der Waals surface area contributed by atoms with Crippen LogP contribution in [0.15, 0.2) is 11.6 Å². The van der Waals surface area contributed by atoms with Gasteiger partial charge in [-0.3, -0.25) is 9.59 Å². The molecule has 11 heteroatoms. The van der Waals surface area contributed by atoms with Gasteiger partial charge in [-0.05, 0) is 92.3 Å². The minimum absolute atomic E-state index is 0.0160. The van der Waals surface area contributed by atoms with E-state index in [0.717, 1.165) is 38.5 Å². The molecule has 0 radical (unpaired) electrons. The van der Waals surface area contributed by atoms with Crippen LogP contribution >= 0.6 is 0 Å². The van der Waals surface area contributed by atoms with Crippen molar-refractivity contribution in [3.63, 3.8) is 0 Å². The number of aliphatic carboxylic acids is 2. The monoisotopic (exact) mass is 662 g/mol. The lowest BCUT2D eigenvalue weighted by molar-refractivity contribution is -0.327. The van der Waals surface area contributed by atoms with E-state index >= 15 is 0 Å². The van der Waals surface area contributed by atoms with Crippen molar-refractivity contribution in [3.05, 3.63) is 11.6 Å². The zero-order chi connectivity index (χ0) is 34.7. The molecule has 4 saturated carbocycles. The molecule has 6 rings (SSSR count). The average molecular weight is 663 g/mol. The van der Waals surface area contributed by atoms with Crippen LogP contribution in [-0.2, 0) is 23.9 Å². The topological polar surface area (TPSA) is 191 Å². The van der Waals surface area contributed by atoms with Crippen LogP contribution in [0.2, 0.25) is 0 Å². The van der Waals surface area contributed by atoms with Crippen LogP contribution in [0.5, 0.6) is 0 Å². The van der Waals surface area contributed by atoms with Gasteiger partial charge in [0, 0.05) is 17.3 Å². The van der Waals surface area contributed by atoms with Crippen molar-refractivity contribution >= 4 is 17.7 Å². The molecule has 0 amide bonds. The summed E-state index contributed by atoms with van der Waals surface area (Å²) >= 11 is 0. The molecule has 6 aliphatic rings. The number of ether oxygens (including phenoxy) is 2. The third-order valence-electron chi connectivity index (χ3n) is 15.4. The van der Waals surface area contributed by atoms with Crippen molar-refractivity contribution in [2.75, 3.05) is 6.61 Å². The number of aliphatic hydroxyl groups is 4. The van der Waals surface area contributed by atoms with E-state index in [2.05, 4.69) is 26.8 Å². The Morgan fingerprint density at radius 1 is 0.915 bits per heavy atom. The molecular weight excluding hydrogens is 608 g/mol. The third-order valence-corrected chi connectivity index (χ3v) is 15.4. The lowest BCUT2D eigenvalue weighted by atomic mass is 9.33. The molecule has 1 aliphatic heterocycles.